The number of phenols is 1. The zero-order valence-corrected chi connectivity index (χ0v) is 18.7. The molecule has 3 aromatic carbocycles. The van der Waals surface area contributed by atoms with Crippen molar-refractivity contribution in [3.63, 3.8) is 0 Å². The van der Waals surface area contributed by atoms with Gasteiger partial charge in [-0.2, -0.15) is 0 Å². The maximum atomic E-state index is 11.7. The molecule has 9 heteroatoms. The largest absolute Gasteiger partial charge is 0.504 e. The highest BCUT2D eigenvalue weighted by Crippen LogP contribution is 2.37. The Morgan fingerprint density at radius 3 is 2.56 bits per heavy atom. The van der Waals surface area contributed by atoms with Crippen LogP contribution in [0.15, 0.2) is 71.7 Å². The number of hydrogen-bond donors (Lipinski definition) is 4. The number of aromatic hydroxyl groups is 1. The minimum absolute atomic E-state index is 0.0187. The van der Waals surface area contributed by atoms with Gasteiger partial charge >= 0.3 is 5.97 Å². The fraction of sp³-hybridized carbons (Fsp3) is 0.200. The van der Waals surface area contributed by atoms with E-state index in [9.17, 15) is 15.0 Å². The van der Waals surface area contributed by atoms with Crippen molar-refractivity contribution < 1.29 is 29.3 Å². The van der Waals surface area contributed by atoms with Gasteiger partial charge in [0.15, 0.2) is 11.5 Å². The van der Waals surface area contributed by atoms with E-state index in [0.717, 1.165) is 11.3 Å². The van der Waals surface area contributed by atoms with Gasteiger partial charge in [0.05, 0.1) is 37.1 Å². The molecule has 1 aliphatic rings. The van der Waals surface area contributed by atoms with E-state index in [-0.39, 0.29) is 17.2 Å². The second-order valence-electron chi connectivity index (χ2n) is 7.58. The van der Waals surface area contributed by atoms with Crippen LogP contribution in [-0.4, -0.2) is 42.8 Å². The first-order valence-electron chi connectivity index (χ1n) is 10.6. The van der Waals surface area contributed by atoms with Gasteiger partial charge in [-0.15, -0.1) is 0 Å². The fourth-order valence-corrected chi connectivity index (χ4v) is 3.80. The quantitative estimate of drug-likeness (QED) is 0.393. The molecule has 2 unspecified atom stereocenters. The molecule has 4 N–H and O–H groups in total. The van der Waals surface area contributed by atoms with Crippen LogP contribution < -0.4 is 20.3 Å². The van der Waals surface area contributed by atoms with Gasteiger partial charge in [0.25, 0.3) is 0 Å². The molecule has 0 radical (unpaired) electrons. The van der Waals surface area contributed by atoms with E-state index < -0.39 is 12.1 Å². The van der Waals surface area contributed by atoms with E-state index in [1.165, 1.54) is 19.2 Å². The SMILES string of the molecule is COc1cc(C2ONC(=Nc3ccccc3C(=O)O)C2CNc2ccccc2OC)ccc1O. The number of carboxylic acids is 1. The van der Waals surface area contributed by atoms with Crippen LogP contribution in [0.25, 0.3) is 0 Å². The van der Waals surface area contributed by atoms with Crippen molar-refractivity contribution in [2.45, 2.75) is 6.10 Å². The Bertz CT molecular complexity index is 1210. The molecule has 4 rings (SSSR count). The van der Waals surface area contributed by atoms with Crippen molar-refractivity contribution in [3.8, 4) is 17.2 Å². The molecule has 1 fully saturated rings. The van der Waals surface area contributed by atoms with Gasteiger partial charge in [0.2, 0.25) is 0 Å². The standard InChI is InChI=1S/C25H25N3O6/c1-32-21-10-6-5-9-19(21)26-14-17-23(15-11-12-20(29)22(13-15)33-2)34-28-24(17)27-18-8-4-3-7-16(18)25(30)31/h3-13,17,23,26,29H,14H2,1-2H3,(H,27,28)(H,30,31). The number of methoxy groups -OCH3 is 2. The average molecular weight is 463 g/mol. The maximum Gasteiger partial charge on any atom is 0.337 e. The first-order chi connectivity index (χ1) is 16.5. The molecule has 0 saturated carbocycles. The van der Waals surface area contributed by atoms with Gasteiger partial charge in [0.1, 0.15) is 17.7 Å². The van der Waals surface area contributed by atoms with Crippen LogP contribution in [-0.2, 0) is 4.84 Å². The van der Waals surface area contributed by atoms with E-state index in [4.69, 9.17) is 14.3 Å². The number of aliphatic imine (C=N–C) groups is 1. The van der Waals surface area contributed by atoms with Crippen LogP contribution in [0.2, 0.25) is 0 Å². The van der Waals surface area contributed by atoms with Gasteiger partial charge in [0, 0.05) is 6.54 Å². The third kappa shape index (κ3) is 4.74. The topological polar surface area (TPSA) is 122 Å². The number of carboxylic acid groups (broad SMARTS) is 1. The van der Waals surface area contributed by atoms with E-state index in [1.807, 2.05) is 24.3 Å². The zero-order valence-electron chi connectivity index (χ0n) is 18.7. The van der Waals surface area contributed by atoms with Crippen LogP contribution in [0.3, 0.4) is 0 Å². The number of hydroxylamine groups is 1. The summed E-state index contributed by atoms with van der Waals surface area (Å²) in [7, 11) is 3.07. The van der Waals surface area contributed by atoms with Crippen molar-refractivity contribution in [2.75, 3.05) is 26.1 Å². The lowest BCUT2D eigenvalue weighted by atomic mass is 9.94. The summed E-state index contributed by atoms with van der Waals surface area (Å²) in [6, 6.07) is 19.0. The summed E-state index contributed by atoms with van der Waals surface area (Å²) in [5.41, 5.74) is 4.82. The van der Waals surface area contributed by atoms with Crippen LogP contribution in [0.1, 0.15) is 22.0 Å². The second-order valence-corrected chi connectivity index (χ2v) is 7.58. The monoisotopic (exact) mass is 463 g/mol. The Labute approximate surface area is 196 Å². The summed E-state index contributed by atoms with van der Waals surface area (Å²) in [5, 5.41) is 22.9. The first-order valence-corrected chi connectivity index (χ1v) is 10.6. The summed E-state index contributed by atoms with van der Waals surface area (Å²) in [4.78, 5) is 22.1. The number of aromatic carboxylic acids is 1. The number of benzene rings is 3. The highest BCUT2D eigenvalue weighted by atomic mass is 16.7. The van der Waals surface area contributed by atoms with E-state index >= 15 is 0 Å². The number of anilines is 1. The molecule has 0 amide bonds. The van der Waals surface area contributed by atoms with Crippen molar-refractivity contribution in [3.05, 3.63) is 77.9 Å². The molecule has 1 heterocycles. The minimum Gasteiger partial charge on any atom is -0.504 e. The third-order valence-electron chi connectivity index (χ3n) is 5.53. The number of phenolic OH excluding ortho intramolecular Hbond substituents is 1. The molecule has 1 aliphatic heterocycles. The van der Waals surface area contributed by atoms with Crippen LogP contribution in [0.4, 0.5) is 11.4 Å². The van der Waals surface area contributed by atoms with E-state index in [0.29, 0.717) is 29.6 Å². The number of ether oxygens (including phenoxy) is 2. The van der Waals surface area contributed by atoms with Crippen LogP contribution in [0.5, 0.6) is 17.2 Å². The van der Waals surface area contributed by atoms with Gasteiger partial charge in [-0.3, -0.25) is 10.3 Å². The van der Waals surface area contributed by atoms with Crippen molar-refractivity contribution >= 4 is 23.2 Å². The Morgan fingerprint density at radius 1 is 1.06 bits per heavy atom. The number of carbonyl (C=O) groups is 1. The Balaban J connectivity index is 1.70. The molecule has 3 aromatic rings. The summed E-state index contributed by atoms with van der Waals surface area (Å²) in [6.45, 7) is 0.398. The predicted molar refractivity (Wildman–Crippen MR) is 127 cm³/mol. The van der Waals surface area contributed by atoms with Crippen LogP contribution >= 0.6 is 0 Å². The predicted octanol–water partition coefficient (Wildman–Crippen LogP) is 4.14. The molecule has 0 aromatic heterocycles. The molecule has 34 heavy (non-hydrogen) atoms. The van der Waals surface area contributed by atoms with E-state index in [2.05, 4.69) is 15.8 Å². The Morgan fingerprint density at radius 2 is 1.79 bits per heavy atom. The zero-order chi connectivity index (χ0) is 24.1. The lowest BCUT2D eigenvalue weighted by Crippen LogP contribution is -2.27. The normalized spacial score (nSPS) is 18.4. The van der Waals surface area contributed by atoms with Crippen LogP contribution in [0, 0.1) is 5.92 Å². The third-order valence-corrected chi connectivity index (χ3v) is 5.53. The molecule has 0 aliphatic carbocycles. The van der Waals surface area contributed by atoms with E-state index in [1.54, 1.807) is 37.4 Å². The highest BCUT2D eigenvalue weighted by molar-refractivity contribution is 5.96. The lowest BCUT2D eigenvalue weighted by Gasteiger charge is -2.20. The molecule has 2 atom stereocenters. The molecule has 1 saturated heterocycles. The van der Waals surface area contributed by atoms with Crippen molar-refractivity contribution in [1.82, 2.24) is 5.48 Å². The number of hydrogen-bond acceptors (Lipinski definition) is 7. The molecular weight excluding hydrogens is 438 g/mol. The molecule has 0 bridgehead atoms. The highest BCUT2D eigenvalue weighted by Gasteiger charge is 2.36. The molecular formula is C25H25N3O6. The average Bonchev–Trinajstić information content (AvgIpc) is 3.25. The number of nitrogens with zero attached hydrogens (tertiary/aromatic N) is 1. The first kappa shape index (κ1) is 22.9. The lowest BCUT2D eigenvalue weighted by molar-refractivity contribution is 0.0294. The number of rotatable bonds is 8. The number of para-hydroxylation sites is 3. The van der Waals surface area contributed by atoms with Crippen molar-refractivity contribution in [2.24, 2.45) is 10.9 Å². The maximum absolute atomic E-state index is 11.7. The molecule has 0 spiro atoms. The second kappa shape index (κ2) is 10.1. The minimum atomic E-state index is -1.07. The smallest absolute Gasteiger partial charge is 0.337 e. The summed E-state index contributed by atoms with van der Waals surface area (Å²) in [6.07, 6.45) is -0.493. The summed E-state index contributed by atoms with van der Waals surface area (Å²) in [5.74, 6) is 0.0906. The van der Waals surface area contributed by atoms with Gasteiger partial charge < -0.3 is 25.0 Å². The van der Waals surface area contributed by atoms with Crippen molar-refractivity contribution in [1.29, 1.82) is 0 Å². The number of amidine groups is 1. The van der Waals surface area contributed by atoms with Gasteiger partial charge in [-0.05, 0) is 42.0 Å². The molecule has 9 nitrogen and oxygen atoms in total. The molecule has 176 valence electrons. The number of nitrogens with one attached hydrogen (secondary N) is 2. The van der Waals surface area contributed by atoms with Gasteiger partial charge in [-0.1, -0.05) is 30.3 Å². The Kier molecular flexibility index (Phi) is 6.84. The van der Waals surface area contributed by atoms with Gasteiger partial charge in [-0.25, -0.2) is 9.79 Å². The summed E-state index contributed by atoms with van der Waals surface area (Å²) < 4.78 is 10.7. The fourth-order valence-electron chi connectivity index (χ4n) is 3.80. The Hall–Kier alpha value is -4.24. The summed E-state index contributed by atoms with van der Waals surface area (Å²) >= 11 is 0.